The van der Waals surface area contributed by atoms with Crippen molar-refractivity contribution in [2.75, 3.05) is 0 Å². The van der Waals surface area contributed by atoms with E-state index < -0.39 is 32.8 Å². The second-order valence-corrected chi connectivity index (χ2v) is 6.21. The molecule has 1 N–H and O–H groups in total. The lowest BCUT2D eigenvalue weighted by molar-refractivity contribution is -0.137. The van der Waals surface area contributed by atoms with Gasteiger partial charge in [0.25, 0.3) is 0 Å². The largest absolute Gasteiger partial charge is 0.480 e. The van der Waals surface area contributed by atoms with E-state index in [1.165, 1.54) is 0 Å². The van der Waals surface area contributed by atoms with Gasteiger partial charge >= 0.3 is 5.97 Å². The lowest BCUT2D eigenvalue weighted by Crippen LogP contribution is -2.36. The van der Waals surface area contributed by atoms with Crippen LogP contribution in [-0.4, -0.2) is 24.7 Å². The highest BCUT2D eigenvalue weighted by Crippen LogP contribution is 2.24. The predicted molar refractivity (Wildman–Crippen MR) is 64.5 cm³/mol. The van der Waals surface area contributed by atoms with E-state index in [-0.39, 0.29) is 4.90 Å². The molecule has 0 radical (unpaired) electrons. The van der Waals surface area contributed by atoms with E-state index in [9.17, 15) is 17.6 Å². The molecule has 0 saturated carbocycles. The topological polar surface area (TPSA) is 71.4 Å². The summed E-state index contributed by atoms with van der Waals surface area (Å²) < 4.78 is 37.1. The highest BCUT2D eigenvalue weighted by atomic mass is 32.2. The molecule has 0 heterocycles. The minimum atomic E-state index is -3.99. The molecule has 100 valence electrons. The lowest BCUT2D eigenvalue weighted by Gasteiger charge is -2.19. The van der Waals surface area contributed by atoms with E-state index >= 15 is 0 Å². The molecule has 2 atom stereocenters. The van der Waals surface area contributed by atoms with Gasteiger partial charge in [-0.05, 0) is 30.2 Å². The molecule has 0 aromatic heterocycles. The smallest absolute Gasteiger partial charge is 0.322 e. The van der Waals surface area contributed by atoms with Gasteiger partial charge in [0.2, 0.25) is 0 Å². The van der Waals surface area contributed by atoms with Crippen LogP contribution < -0.4 is 0 Å². The van der Waals surface area contributed by atoms with Gasteiger partial charge in [0.1, 0.15) is 5.82 Å². The molecule has 6 heteroatoms. The highest BCUT2D eigenvalue weighted by molar-refractivity contribution is 7.92. The molecule has 1 aromatic carbocycles. The summed E-state index contributed by atoms with van der Waals surface area (Å²) in [5.41, 5.74) is 0. The monoisotopic (exact) mass is 274 g/mol. The third kappa shape index (κ3) is 2.87. The fourth-order valence-electron chi connectivity index (χ4n) is 1.67. The summed E-state index contributed by atoms with van der Waals surface area (Å²) in [4.78, 5) is 11.0. The van der Waals surface area contributed by atoms with Crippen molar-refractivity contribution in [3.8, 4) is 0 Å². The average molecular weight is 274 g/mol. The van der Waals surface area contributed by atoms with Crippen molar-refractivity contribution in [1.29, 1.82) is 0 Å². The van der Waals surface area contributed by atoms with Crippen molar-refractivity contribution < 1.29 is 22.7 Å². The van der Waals surface area contributed by atoms with Crippen molar-refractivity contribution in [2.45, 2.75) is 30.4 Å². The van der Waals surface area contributed by atoms with E-state index in [0.717, 1.165) is 24.3 Å². The molecular weight excluding hydrogens is 259 g/mol. The Labute approximate surface area is 105 Å². The third-order valence-corrected chi connectivity index (χ3v) is 5.14. The zero-order valence-electron chi connectivity index (χ0n) is 10.1. The van der Waals surface area contributed by atoms with Crippen molar-refractivity contribution in [1.82, 2.24) is 0 Å². The number of hydrogen-bond donors (Lipinski definition) is 1. The van der Waals surface area contributed by atoms with Gasteiger partial charge in [-0.3, -0.25) is 4.79 Å². The number of carbonyl (C=O) groups is 1. The predicted octanol–water partition coefficient (Wildman–Crippen LogP) is 2.10. The van der Waals surface area contributed by atoms with E-state index in [0.29, 0.717) is 6.42 Å². The molecule has 0 aliphatic heterocycles. The molecule has 4 nitrogen and oxygen atoms in total. The maximum absolute atomic E-state index is 12.7. The molecule has 1 rings (SSSR count). The third-order valence-electron chi connectivity index (χ3n) is 2.88. The van der Waals surface area contributed by atoms with E-state index in [2.05, 4.69) is 0 Å². The zero-order valence-corrected chi connectivity index (χ0v) is 10.9. The van der Waals surface area contributed by atoms with Crippen molar-refractivity contribution >= 4 is 15.8 Å². The molecule has 0 spiro atoms. The number of carboxylic acid groups (broad SMARTS) is 1. The fourth-order valence-corrected chi connectivity index (χ4v) is 3.55. The summed E-state index contributed by atoms with van der Waals surface area (Å²) in [6.45, 7) is 3.29. The second-order valence-electron chi connectivity index (χ2n) is 4.14. The normalized spacial score (nSPS) is 15.1. The number of carboxylic acids is 1. The summed E-state index contributed by atoms with van der Waals surface area (Å²) >= 11 is 0. The molecule has 0 aliphatic rings. The number of rotatable bonds is 5. The van der Waals surface area contributed by atoms with Crippen LogP contribution in [0.4, 0.5) is 4.39 Å². The molecule has 0 aliphatic carbocycles. The summed E-state index contributed by atoms with van der Waals surface area (Å²) in [6.07, 6.45) is 0.428. The van der Waals surface area contributed by atoms with Gasteiger partial charge in [-0.1, -0.05) is 20.3 Å². The first-order chi connectivity index (χ1) is 8.30. The minimum Gasteiger partial charge on any atom is -0.480 e. The van der Waals surface area contributed by atoms with Crippen LogP contribution in [0.2, 0.25) is 0 Å². The van der Waals surface area contributed by atoms with E-state index in [1.807, 2.05) is 0 Å². The van der Waals surface area contributed by atoms with Crippen LogP contribution in [0.5, 0.6) is 0 Å². The summed E-state index contributed by atoms with van der Waals surface area (Å²) in [6, 6.07) is 4.18. The van der Waals surface area contributed by atoms with Crippen molar-refractivity contribution in [3.05, 3.63) is 30.1 Å². The summed E-state index contributed by atoms with van der Waals surface area (Å²) in [5.74, 6) is -2.46. The molecule has 0 saturated heterocycles. The first kappa shape index (κ1) is 14.6. The number of halogens is 1. The van der Waals surface area contributed by atoms with Crippen LogP contribution >= 0.6 is 0 Å². The van der Waals surface area contributed by atoms with Crippen LogP contribution in [0.25, 0.3) is 0 Å². The Bertz CT molecular complexity index is 522. The first-order valence-corrected chi connectivity index (χ1v) is 7.07. The number of sulfone groups is 1. The highest BCUT2D eigenvalue weighted by Gasteiger charge is 2.37. The average Bonchev–Trinajstić information content (AvgIpc) is 2.28. The molecule has 0 fully saturated rings. The van der Waals surface area contributed by atoms with Gasteiger partial charge in [-0.15, -0.1) is 0 Å². The maximum Gasteiger partial charge on any atom is 0.322 e. The Kier molecular flexibility index (Phi) is 4.45. The number of benzene rings is 1. The Balaban J connectivity index is 3.25. The van der Waals surface area contributed by atoms with Crippen molar-refractivity contribution in [2.24, 2.45) is 5.92 Å². The number of hydrogen-bond acceptors (Lipinski definition) is 3. The van der Waals surface area contributed by atoms with Gasteiger partial charge in [0, 0.05) is 0 Å². The molecule has 2 unspecified atom stereocenters. The van der Waals surface area contributed by atoms with Crippen LogP contribution in [0.3, 0.4) is 0 Å². The van der Waals surface area contributed by atoms with Gasteiger partial charge in [0.15, 0.2) is 15.1 Å². The molecule has 1 aromatic rings. The molecule has 0 amide bonds. The quantitative estimate of drug-likeness (QED) is 0.835. The second kappa shape index (κ2) is 5.48. The maximum atomic E-state index is 12.7. The van der Waals surface area contributed by atoms with Gasteiger partial charge in [-0.25, -0.2) is 12.8 Å². The van der Waals surface area contributed by atoms with Gasteiger partial charge in [0.05, 0.1) is 4.90 Å². The van der Waals surface area contributed by atoms with Crippen LogP contribution in [0.1, 0.15) is 20.3 Å². The standard InChI is InChI=1S/C12H15FO4S/c1-3-8(2)11(12(14)15)18(16,17)10-6-4-9(13)5-7-10/h4-8,11H,3H2,1-2H3,(H,14,15). The van der Waals surface area contributed by atoms with Crippen molar-refractivity contribution in [3.63, 3.8) is 0 Å². The molecular formula is C12H15FO4S. The van der Waals surface area contributed by atoms with Gasteiger partial charge < -0.3 is 5.11 Å². The minimum absolute atomic E-state index is 0.170. The van der Waals surface area contributed by atoms with E-state index in [1.54, 1.807) is 13.8 Å². The van der Waals surface area contributed by atoms with Gasteiger partial charge in [-0.2, -0.15) is 0 Å². The Morgan fingerprint density at radius 1 is 1.33 bits per heavy atom. The lowest BCUT2D eigenvalue weighted by atomic mass is 10.1. The summed E-state index contributed by atoms with van der Waals surface area (Å²) in [5, 5.41) is 7.57. The Morgan fingerprint density at radius 3 is 2.22 bits per heavy atom. The number of aliphatic carboxylic acids is 1. The molecule has 0 bridgehead atoms. The molecule has 18 heavy (non-hydrogen) atoms. The fraction of sp³-hybridized carbons (Fsp3) is 0.417. The van der Waals surface area contributed by atoms with Crippen LogP contribution in [-0.2, 0) is 14.6 Å². The SMILES string of the molecule is CCC(C)C(C(=O)O)S(=O)(=O)c1ccc(F)cc1. The Morgan fingerprint density at radius 2 is 1.83 bits per heavy atom. The first-order valence-electron chi connectivity index (χ1n) is 5.53. The van der Waals surface area contributed by atoms with Crippen LogP contribution in [0, 0.1) is 11.7 Å². The zero-order chi connectivity index (χ0) is 13.9. The Hall–Kier alpha value is -1.43. The van der Waals surface area contributed by atoms with Crippen LogP contribution in [0.15, 0.2) is 29.2 Å². The van der Waals surface area contributed by atoms with E-state index in [4.69, 9.17) is 5.11 Å². The summed E-state index contributed by atoms with van der Waals surface area (Å²) in [7, 11) is -3.99.